The van der Waals surface area contributed by atoms with E-state index in [4.69, 9.17) is 4.74 Å². The molecular weight excluding hydrogens is 256 g/mol. The van der Waals surface area contributed by atoms with Crippen molar-refractivity contribution in [3.8, 4) is 0 Å². The van der Waals surface area contributed by atoms with Crippen LogP contribution >= 0.6 is 0 Å². The smallest absolute Gasteiger partial charge is 0.227 e. The highest BCUT2D eigenvalue weighted by Crippen LogP contribution is 2.13. The van der Waals surface area contributed by atoms with Gasteiger partial charge in [0.15, 0.2) is 5.96 Å². The van der Waals surface area contributed by atoms with Crippen molar-refractivity contribution in [3.63, 3.8) is 0 Å². The summed E-state index contributed by atoms with van der Waals surface area (Å²) in [5, 5.41) is 9.28. The van der Waals surface area contributed by atoms with Crippen molar-refractivity contribution in [1.29, 1.82) is 0 Å². The van der Waals surface area contributed by atoms with Crippen molar-refractivity contribution in [2.24, 2.45) is 10.4 Å². The van der Waals surface area contributed by atoms with Crippen molar-refractivity contribution < 1.29 is 9.53 Å². The maximum atomic E-state index is 11.9. The van der Waals surface area contributed by atoms with Gasteiger partial charge >= 0.3 is 0 Å². The zero-order valence-corrected chi connectivity index (χ0v) is 13.1. The van der Waals surface area contributed by atoms with Crippen LogP contribution in [0.25, 0.3) is 0 Å². The van der Waals surface area contributed by atoms with Crippen LogP contribution in [0.3, 0.4) is 0 Å². The van der Waals surface area contributed by atoms with Crippen LogP contribution in [0, 0.1) is 5.41 Å². The zero-order valence-electron chi connectivity index (χ0n) is 13.1. The van der Waals surface area contributed by atoms with Crippen LogP contribution in [0.2, 0.25) is 0 Å². The molecule has 20 heavy (non-hydrogen) atoms. The standard InChI is InChI=1S/C14H28N4O2/c1-5-16-12(19)14(2,3)10-18-13(15-4)17-9-11-7-6-8-20-11/h11H,5-10H2,1-4H3,(H,16,19)(H2,15,17,18). The van der Waals surface area contributed by atoms with E-state index in [1.54, 1.807) is 7.05 Å². The average Bonchev–Trinajstić information content (AvgIpc) is 2.92. The first-order chi connectivity index (χ1) is 9.49. The minimum Gasteiger partial charge on any atom is -0.376 e. The first-order valence-corrected chi connectivity index (χ1v) is 7.34. The number of aliphatic imine (C=N–C) groups is 1. The molecule has 0 bridgehead atoms. The molecule has 1 amide bonds. The lowest BCUT2D eigenvalue weighted by Crippen LogP contribution is -2.48. The van der Waals surface area contributed by atoms with E-state index in [1.807, 2.05) is 20.8 Å². The molecule has 0 saturated carbocycles. The molecule has 1 aliphatic rings. The lowest BCUT2D eigenvalue weighted by atomic mass is 9.92. The van der Waals surface area contributed by atoms with E-state index in [-0.39, 0.29) is 12.0 Å². The predicted molar refractivity (Wildman–Crippen MR) is 80.8 cm³/mol. The molecule has 1 fully saturated rings. The molecule has 0 aromatic rings. The fourth-order valence-electron chi connectivity index (χ4n) is 2.02. The number of carbonyl (C=O) groups is 1. The summed E-state index contributed by atoms with van der Waals surface area (Å²) in [5.41, 5.74) is -0.475. The molecule has 116 valence electrons. The Bertz CT molecular complexity index is 336. The van der Waals surface area contributed by atoms with E-state index in [0.29, 0.717) is 19.0 Å². The van der Waals surface area contributed by atoms with Gasteiger partial charge in [0.05, 0.1) is 11.5 Å². The van der Waals surface area contributed by atoms with E-state index in [9.17, 15) is 4.79 Å². The Morgan fingerprint density at radius 2 is 2.10 bits per heavy atom. The summed E-state index contributed by atoms with van der Waals surface area (Å²) in [6.45, 7) is 8.53. The van der Waals surface area contributed by atoms with Gasteiger partial charge in [-0.1, -0.05) is 0 Å². The molecular formula is C14H28N4O2. The second-order valence-electron chi connectivity index (χ2n) is 5.69. The van der Waals surface area contributed by atoms with Crippen molar-refractivity contribution in [2.75, 3.05) is 33.3 Å². The van der Waals surface area contributed by atoms with Crippen molar-refractivity contribution in [2.45, 2.75) is 39.7 Å². The van der Waals surface area contributed by atoms with Gasteiger partial charge in [-0.2, -0.15) is 0 Å². The third-order valence-electron chi connectivity index (χ3n) is 3.39. The average molecular weight is 284 g/mol. The number of nitrogens with one attached hydrogen (secondary N) is 3. The normalized spacial score (nSPS) is 19.8. The van der Waals surface area contributed by atoms with Gasteiger partial charge in [-0.25, -0.2) is 0 Å². The Hall–Kier alpha value is -1.30. The first kappa shape index (κ1) is 16.8. The quantitative estimate of drug-likeness (QED) is 0.490. The van der Waals surface area contributed by atoms with Crippen LogP contribution < -0.4 is 16.0 Å². The SMILES string of the molecule is CCNC(=O)C(C)(C)CNC(=NC)NCC1CCCO1. The number of guanidine groups is 1. The summed E-state index contributed by atoms with van der Waals surface area (Å²) in [6.07, 6.45) is 2.49. The van der Waals surface area contributed by atoms with E-state index < -0.39 is 5.41 Å². The Morgan fingerprint density at radius 1 is 1.35 bits per heavy atom. The topological polar surface area (TPSA) is 74.8 Å². The van der Waals surface area contributed by atoms with E-state index >= 15 is 0 Å². The summed E-state index contributed by atoms with van der Waals surface area (Å²) < 4.78 is 5.55. The molecule has 1 rings (SSSR count). The maximum absolute atomic E-state index is 11.9. The summed E-state index contributed by atoms with van der Waals surface area (Å²) in [5.74, 6) is 0.750. The van der Waals surface area contributed by atoms with E-state index in [2.05, 4.69) is 20.9 Å². The van der Waals surface area contributed by atoms with Crippen LogP contribution in [-0.2, 0) is 9.53 Å². The molecule has 1 atom stereocenters. The lowest BCUT2D eigenvalue weighted by Gasteiger charge is -2.25. The fourth-order valence-corrected chi connectivity index (χ4v) is 2.02. The summed E-state index contributed by atoms with van der Waals surface area (Å²) in [4.78, 5) is 16.1. The lowest BCUT2D eigenvalue weighted by molar-refractivity contribution is -0.128. The molecule has 1 heterocycles. The second-order valence-corrected chi connectivity index (χ2v) is 5.69. The Kier molecular flexibility index (Phi) is 6.78. The van der Waals surface area contributed by atoms with Gasteiger partial charge in [-0.05, 0) is 33.6 Å². The van der Waals surface area contributed by atoms with Gasteiger partial charge in [0.25, 0.3) is 0 Å². The Morgan fingerprint density at radius 3 is 2.65 bits per heavy atom. The number of rotatable bonds is 6. The summed E-state index contributed by atoms with van der Waals surface area (Å²) in [7, 11) is 1.73. The highest BCUT2D eigenvalue weighted by atomic mass is 16.5. The molecule has 1 aliphatic heterocycles. The molecule has 6 nitrogen and oxygen atoms in total. The molecule has 1 unspecified atom stereocenters. The molecule has 6 heteroatoms. The third kappa shape index (κ3) is 5.36. The molecule has 0 radical (unpaired) electrons. The van der Waals surface area contributed by atoms with Crippen molar-refractivity contribution in [3.05, 3.63) is 0 Å². The maximum Gasteiger partial charge on any atom is 0.227 e. The first-order valence-electron chi connectivity index (χ1n) is 7.34. The number of nitrogens with zero attached hydrogens (tertiary/aromatic N) is 1. The summed E-state index contributed by atoms with van der Waals surface area (Å²) in [6, 6.07) is 0. The number of carbonyl (C=O) groups excluding carboxylic acids is 1. The highest BCUT2D eigenvalue weighted by molar-refractivity contribution is 5.84. The largest absolute Gasteiger partial charge is 0.376 e. The van der Waals surface area contributed by atoms with Crippen molar-refractivity contribution in [1.82, 2.24) is 16.0 Å². The van der Waals surface area contributed by atoms with E-state index in [0.717, 1.165) is 26.0 Å². The van der Waals surface area contributed by atoms with Crippen LogP contribution in [0.4, 0.5) is 0 Å². The highest BCUT2D eigenvalue weighted by Gasteiger charge is 2.27. The van der Waals surface area contributed by atoms with Crippen LogP contribution in [-0.4, -0.2) is 51.3 Å². The molecule has 0 aromatic heterocycles. The fraction of sp³-hybridized carbons (Fsp3) is 0.857. The number of hydrogen-bond acceptors (Lipinski definition) is 3. The monoisotopic (exact) mass is 284 g/mol. The van der Waals surface area contributed by atoms with Gasteiger partial charge < -0.3 is 20.7 Å². The van der Waals surface area contributed by atoms with Crippen LogP contribution in [0.5, 0.6) is 0 Å². The van der Waals surface area contributed by atoms with Crippen molar-refractivity contribution >= 4 is 11.9 Å². The minimum atomic E-state index is -0.475. The zero-order chi connectivity index (χ0) is 15.0. The Labute approximate surface area is 121 Å². The molecule has 0 spiro atoms. The third-order valence-corrected chi connectivity index (χ3v) is 3.39. The molecule has 0 aliphatic carbocycles. The van der Waals surface area contributed by atoms with Gasteiger partial charge in [-0.15, -0.1) is 0 Å². The molecule has 1 saturated heterocycles. The molecule has 0 aromatic carbocycles. The summed E-state index contributed by atoms with van der Waals surface area (Å²) >= 11 is 0. The van der Waals surface area contributed by atoms with Gasteiger partial charge in [0.2, 0.25) is 5.91 Å². The van der Waals surface area contributed by atoms with Gasteiger partial charge in [0.1, 0.15) is 0 Å². The van der Waals surface area contributed by atoms with Gasteiger partial charge in [0, 0.05) is 33.3 Å². The number of hydrogen-bond donors (Lipinski definition) is 3. The van der Waals surface area contributed by atoms with Gasteiger partial charge in [-0.3, -0.25) is 9.79 Å². The van der Waals surface area contributed by atoms with Crippen LogP contribution in [0.15, 0.2) is 4.99 Å². The Balaban J connectivity index is 2.34. The number of ether oxygens (including phenoxy) is 1. The molecule has 3 N–H and O–H groups in total. The second kappa shape index (κ2) is 8.09. The van der Waals surface area contributed by atoms with Crippen LogP contribution in [0.1, 0.15) is 33.6 Å². The predicted octanol–water partition coefficient (Wildman–Crippen LogP) is 0.493. The minimum absolute atomic E-state index is 0.0436. The number of amides is 1. The van der Waals surface area contributed by atoms with E-state index in [1.165, 1.54) is 0 Å².